The summed E-state index contributed by atoms with van der Waals surface area (Å²) in [7, 11) is 1.86. The normalized spacial score (nSPS) is 11.9. The molecule has 11 nitrogen and oxygen atoms in total. The molecule has 0 fully saturated rings. The van der Waals surface area contributed by atoms with Gasteiger partial charge in [0.2, 0.25) is 5.95 Å². The maximum Gasteiger partial charge on any atom is 0.225 e. The molecule has 0 aliphatic heterocycles. The Morgan fingerprint density at radius 1 is 1.16 bits per heavy atom. The quantitative estimate of drug-likeness (QED) is 0.153. The highest BCUT2D eigenvalue weighted by Crippen LogP contribution is 2.15. The van der Waals surface area contributed by atoms with Crippen molar-refractivity contribution in [1.82, 2.24) is 25.3 Å². The highest BCUT2D eigenvalue weighted by atomic mass is 19.1. The van der Waals surface area contributed by atoms with Gasteiger partial charge in [-0.05, 0) is 25.9 Å². The Morgan fingerprint density at radius 3 is 2.65 bits per heavy atom. The zero-order valence-electron chi connectivity index (χ0n) is 20.5. The van der Waals surface area contributed by atoms with Gasteiger partial charge in [-0.3, -0.25) is 15.0 Å². The van der Waals surface area contributed by atoms with E-state index in [9.17, 15) is 4.39 Å². The number of halogens is 1. The SMILES string of the molecule is C=NC=NC=N[C@H](COCCF)CN(CCNC)c1ncc(C#Cc2ccc(-c3cnco3)nc2)cn1. The summed E-state index contributed by atoms with van der Waals surface area (Å²) < 4.78 is 23.1. The molecule has 3 heterocycles. The lowest BCUT2D eigenvalue weighted by Gasteiger charge is -2.25. The molecule has 0 bridgehead atoms. The number of hydrogen-bond donors (Lipinski definition) is 1. The minimum atomic E-state index is -0.564. The highest BCUT2D eigenvalue weighted by Gasteiger charge is 2.16. The van der Waals surface area contributed by atoms with E-state index in [1.54, 1.807) is 24.8 Å². The predicted molar refractivity (Wildman–Crippen MR) is 141 cm³/mol. The van der Waals surface area contributed by atoms with E-state index in [-0.39, 0.29) is 19.3 Å². The number of likely N-dealkylation sites (N-methyl/N-ethyl adjacent to an activating group) is 1. The van der Waals surface area contributed by atoms with E-state index in [4.69, 9.17) is 9.15 Å². The minimum Gasteiger partial charge on any atom is -0.442 e. The molecule has 0 amide bonds. The Bertz CT molecular complexity index is 1190. The van der Waals surface area contributed by atoms with Gasteiger partial charge in [-0.15, -0.1) is 0 Å². The van der Waals surface area contributed by atoms with Crippen molar-refractivity contribution >= 4 is 25.3 Å². The second kappa shape index (κ2) is 15.6. The Hall–Kier alpha value is -4.34. The Labute approximate surface area is 214 Å². The molecule has 0 saturated carbocycles. The topological polar surface area (TPSA) is 126 Å². The molecule has 0 aliphatic rings. The van der Waals surface area contributed by atoms with Gasteiger partial charge < -0.3 is 19.4 Å². The van der Waals surface area contributed by atoms with E-state index >= 15 is 0 Å². The van der Waals surface area contributed by atoms with Crippen LogP contribution in [0.4, 0.5) is 10.3 Å². The zero-order chi connectivity index (χ0) is 26.1. The number of alkyl halides is 1. The first-order valence-corrected chi connectivity index (χ1v) is 11.4. The number of ether oxygens (including phenoxy) is 1. The summed E-state index contributed by atoms with van der Waals surface area (Å²) >= 11 is 0. The third-order valence-electron chi connectivity index (χ3n) is 4.81. The lowest BCUT2D eigenvalue weighted by atomic mass is 10.2. The van der Waals surface area contributed by atoms with Gasteiger partial charge in [0.15, 0.2) is 12.2 Å². The van der Waals surface area contributed by atoms with Crippen molar-refractivity contribution in [2.75, 3.05) is 51.5 Å². The van der Waals surface area contributed by atoms with Gasteiger partial charge in [0.05, 0.1) is 31.0 Å². The van der Waals surface area contributed by atoms with Crippen LogP contribution in [-0.4, -0.2) is 91.9 Å². The number of rotatable bonds is 14. The van der Waals surface area contributed by atoms with Gasteiger partial charge in [0, 0.05) is 43.8 Å². The van der Waals surface area contributed by atoms with E-state index in [0.717, 1.165) is 5.56 Å². The fraction of sp³-hybridized carbons (Fsp3) is 0.320. The molecular formula is C25H28FN9O2. The third-order valence-corrected chi connectivity index (χ3v) is 4.81. The first-order valence-electron chi connectivity index (χ1n) is 11.4. The fourth-order valence-electron chi connectivity index (χ4n) is 3.05. The number of hydrogen-bond acceptors (Lipinski definition) is 9. The molecule has 1 atom stereocenters. The van der Waals surface area contributed by atoms with E-state index < -0.39 is 6.67 Å². The van der Waals surface area contributed by atoms with Crippen molar-refractivity contribution < 1.29 is 13.5 Å². The van der Waals surface area contributed by atoms with E-state index in [1.807, 2.05) is 24.1 Å². The van der Waals surface area contributed by atoms with Crippen LogP contribution in [0.25, 0.3) is 11.5 Å². The predicted octanol–water partition coefficient (Wildman–Crippen LogP) is 2.06. The van der Waals surface area contributed by atoms with Gasteiger partial charge in [0.1, 0.15) is 25.0 Å². The second-order valence-electron chi connectivity index (χ2n) is 7.50. The summed E-state index contributed by atoms with van der Waals surface area (Å²) in [5.41, 5.74) is 2.08. The van der Waals surface area contributed by atoms with Gasteiger partial charge in [-0.25, -0.2) is 24.3 Å². The Balaban J connectivity index is 1.69. The molecule has 0 radical (unpaired) electrons. The molecule has 0 aromatic carbocycles. The fourth-order valence-corrected chi connectivity index (χ4v) is 3.05. The van der Waals surface area contributed by atoms with Crippen LogP contribution >= 0.6 is 0 Å². The third kappa shape index (κ3) is 9.32. The summed E-state index contributed by atoms with van der Waals surface area (Å²) in [6, 6.07) is 3.35. The second-order valence-corrected chi connectivity index (χ2v) is 7.50. The summed E-state index contributed by atoms with van der Waals surface area (Å²) in [4.78, 5) is 31.0. The lowest BCUT2D eigenvalue weighted by molar-refractivity contribution is 0.109. The van der Waals surface area contributed by atoms with Crippen molar-refractivity contribution in [3.63, 3.8) is 0 Å². The lowest BCUT2D eigenvalue weighted by Crippen LogP contribution is -2.39. The number of aromatic nitrogens is 4. The van der Waals surface area contributed by atoms with Crippen molar-refractivity contribution in [3.8, 4) is 23.3 Å². The number of pyridine rings is 1. The molecule has 192 valence electrons. The molecule has 3 rings (SSSR count). The van der Waals surface area contributed by atoms with Crippen LogP contribution in [0.2, 0.25) is 0 Å². The van der Waals surface area contributed by atoms with Crippen LogP contribution in [0.5, 0.6) is 0 Å². The van der Waals surface area contributed by atoms with Gasteiger partial charge in [0.25, 0.3) is 0 Å². The Morgan fingerprint density at radius 2 is 1.97 bits per heavy atom. The smallest absolute Gasteiger partial charge is 0.225 e. The molecule has 3 aromatic heterocycles. The summed E-state index contributed by atoms with van der Waals surface area (Å²) in [6.45, 7) is 4.75. The largest absolute Gasteiger partial charge is 0.442 e. The average molecular weight is 506 g/mol. The van der Waals surface area contributed by atoms with Crippen LogP contribution in [0.15, 0.2) is 62.7 Å². The summed E-state index contributed by atoms with van der Waals surface area (Å²) in [6.07, 6.45) is 10.6. The zero-order valence-corrected chi connectivity index (χ0v) is 20.5. The molecule has 1 N–H and O–H groups in total. The number of nitrogens with zero attached hydrogens (tertiary/aromatic N) is 8. The van der Waals surface area contributed by atoms with Crippen LogP contribution in [0.1, 0.15) is 11.1 Å². The van der Waals surface area contributed by atoms with Gasteiger partial charge >= 0.3 is 0 Å². The molecule has 0 aliphatic carbocycles. The van der Waals surface area contributed by atoms with E-state index in [2.05, 4.69) is 58.8 Å². The number of anilines is 1. The number of oxazole rings is 1. The van der Waals surface area contributed by atoms with Gasteiger partial charge in [-0.2, -0.15) is 0 Å². The molecule has 0 saturated heterocycles. The van der Waals surface area contributed by atoms with Gasteiger partial charge in [-0.1, -0.05) is 11.8 Å². The molecule has 3 aromatic rings. The first-order chi connectivity index (χ1) is 18.2. The van der Waals surface area contributed by atoms with E-state index in [0.29, 0.717) is 42.6 Å². The maximum atomic E-state index is 12.5. The molecule has 12 heteroatoms. The summed E-state index contributed by atoms with van der Waals surface area (Å²) in [5.74, 6) is 7.21. The van der Waals surface area contributed by atoms with E-state index in [1.165, 1.54) is 19.1 Å². The standard InChI is InChI=1S/C25H28FN9O2/c1-27-8-9-35(15-22(16-36-10-7-26)34-18-30-17-28-2)25-32-12-21(13-33-25)4-3-20-5-6-23(31-11-20)24-14-29-19-37-24/h5-6,11-14,17-19,22,27H,2,7-10,15-16H2,1H3/t22-/m0/s1. The van der Waals surface area contributed by atoms with Crippen molar-refractivity contribution in [3.05, 3.63) is 54.4 Å². The minimum absolute atomic E-state index is 0.00217. The Kier molecular flexibility index (Phi) is 11.5. The summed E-state index contributed by atoms with van der Waals surface area (Å²) in [5, 5.41) is 3.12. The van der Waals surface area contributed by atoms with Crippen LogP contribution in [-0.2, 0) is 4.74 Å². The maximum absolute atomic E-state index is 12.5. The van der Waals surface area contributed by atoms with Crippen molar-refractivity contribution in [1.29, 1.82) is 0 Å². The molecular weight excluding hydrogens is 477 g/mol. The number of nitrogens with one attached hydrogen (secondary N) is 1. The average Bonchev–Trinajstić information content (AvgIpc) is 3.48. The molecule has 0 spiro atoms. The monoisotopic (exact) mass is 505 g/mol. The first kappa shape index (κ1) is 27.3. The van der Waals surface area contributed by atoms with Crippen LogP contribution < -0.4 is 10.2 Å². The number of aliphatic imine (C=N–C) groups is 3. The van der Waals surface area contributed by atoms with Crippen LogP contribution in [0, 0.1) is 11.8 Å². The van der Waals surface area contributed by atoms with Crippen molar-refractivity contribution in [2.24, 2.45) is 15.0 Å². The molecule has 0 unspecified atom stereocenters. The highest BCUT2D eigenvalue weighted by molar-refractivity contribution is 5.73. The van der Waals surface area contributed by atoms with Crippen LogP contribution in [0.3, 0.4) is 0 Å². The van der Waals surface area contributed by atoms with Crippen molar-refractivity contribution in [2.45, 2.75) is 6.04 Å². The molecule has 37 heavy (non-hydrogen) atoms.